The predicted molar refractivity (Wildman–Crippen MR) is 84.2 cm³/mol. The van der Waals surface area contributed by atoms with Crippen LogP contribution in [0.2, 0.25) is 0 Å². The molecule has 1 amide bonds. The number of piperidine rings is 1. The van der Waals surface area contributed by atoms with Gasteiger partial charge in [-0.3, -0.25) is 9.59 Å². The third-order valence-electron chi connectivity index (χ3n) is 6.08. The maximum atomic E-state index is 13.1. The molecule has 0 aromatic carbocycles. The molecule has 3 aliphatic rings. The van der Waals surface area contributed by atoms with Gasteiger partial charge in [-0.2, -0.15) is 0 Å². The van der Waals surface area contributed by atoms with Gasteiger partial charge in [0.1, 0.15) is 0 Å². The Hall–Kier alpha value is -1.32. The fourth-order valence-electron chi connectivity index (χ4n) is 5.20. The molecule has 2 aliphatic carbocycles. The molecule has 2 bridgehead atoms. The van der Waals surface area contributed by atoms with Crippen molar-refractivity contribution in [1.82, 2.24) is 4.90 Å². The van der Waals surface area contributed by atoms with Crippen molar-refractivity contribution in [2.45, 2.75) is 58.9 Å². The van der Waals surface area contributed by atoms with Gasteiger partial charge < -0.3 is 10.0 Å². The Labute approximate surface area is 132 Å². The van der Waals surface area contributed by atoms with Crippen LogP contribution in [0.15, 0.2) is 11.1 Å². The SMILES string of the molecule is CC(C)=C1[C@H]2CC[C@H]1[C@@H](C(=O)O)[C@H]2C(=O)N1CCCC[C@@H]1C. The summed E-state index contributed by atoms with van der Waals surface area (Å²) in [5.74, 6) is -1.27. The minimum Gasteiger partial charge on any atom is -0.481 e. The summed E-state index contributed by atoms with van der Waals surface area (Å²) in [5.41, 5.74) is 2.50. The molecular formula is C18H27NO3. The summed E-state index contributed by atoms with van der Waals surface area (Å²) in [4.78, 5) is 26.9. The molecule has 3 rings (SSSR count). The predicted octanol–water partition coefficient (Wildman–Crippen LogP) is 3.08. The van der Waals surface area contributed by atoms with Gasteiger partial charge in [0, 0.05) is 12.6 Å². The van der Waals surface area contributed by atoms with Crippen molar-refractivity contribution in [3.8, 4) is 0 Å². The van der Waals surface area contributed by atoms with Gasteiger partial charge in [0.2, 0.25) is 5.91 Å². The summed E-state index contributed by atoms with van der Waals surface area (Å²) in [6, 6.07) is 0.255. The lowest BCUT2D eigenvalue weighted by molar-refractivity contribution is -0.154. The van der Waals surface area contributed by atoms with Gasteiger partial charge >= 0.3 is 5.97 Å². The Balaban J connectivity index is 1.93. The lowest BCUT2D eigenvalue weighted by Crippen LogP contribution is -2.49. The van der Waals surface area contributed by atoms with Crippen LogP contribution < -0.4 is 0 Å². The maximum Gasteiger partial charge on any atom is 0.307 e. The van der Waals surface area contributed by atoms with Crippen LogP contribution in [-0.2, 0) is 9.59 Å². The van der Waals surface area contributed by atoms with Gasteiger partial charge in [0.15, 0.2) is 0 Å². The van der Waals surface area contributed by atoms with Crippen LogP contribution in [0.3, 0.4) is 0 Å². The number of aliphatic carboxylic acids is 1. The Morgan fingerprint density at radius 3 is 2.23 bits per heavy atom. The molecule has 1 saturated heterocycles. The van der Waals surface area contributed by atoms with Crippen LogP contribution in [0.5, 0.6) is 0 Å². The summed E-state index contributed by atoms with van der Waals surface area (Å²) < 4.78 is 0. The van der Waals surface area contributed by atoms with E-state index < -0.39 is 11.9 Å². The first-order valence-corrected chi connectivity index (χ1v) is 8.64. The van der Waals surface area contributed by atoms with E-state index in [9.17, 15) is 14.7 Å². The zero-order chi connectivity index (χ0) is 16.0. The number of nitrogens with zero attached hydrogens (tertiary/aromatic N) is 1. The number of carbonyl (C=O) groups excluding carboxylic acids is 1. The van der Waals surface area contributed by atoms with Crippen molar-refractivity contribution < 1.29 is 14.7 Å². The van der Waals surface area contributed by atoms with Crippen molar-refractivity contribution in [3.63, 3.8) is 0 Å². The average Bonchev–Trinajstić information content (AvgIpc) is 3.02. The van der Waals surface area contributed by atoms with Crippen LogP contribution in [0.1, 0.15) is 52.9 Å². The van der Waals surface area contributed by atoms with E-state index in [0.717, 1.165) is 32.2 Å². The van der Waals surface area contributed by atoms with Crippen LogP contribution >= 0.6 is 0 Å². The minimum absolute atomic E-state index is 0.0848. The first-order valence-electron chi connectivity index (χ1n) is 8.64. The molecule has 1 N–H and O–H groups in total. The molecule has 3 fully saturated rings. The van der Waals surface area contributed by atoms with Crippen LogP contribution in [0.25, 0.3) is 0 Å². The van der Waals surface area contributed by atoms with E-state index in [1.807, 2.05) is 4.90 Å². The molecule has 2 saturated carbocycles. The zero-order valence-electron chi connectivity index (χ0n) is 13.8. The van der Waals surface area contributed by atoms with Crippen LogP contribution in [0, 0.1) is 23.7 Å². The molecule has 4 nitrogen and oxygen atoms in total. The van der Waals surface area contributed by atoms with E-state index in [-0.39, 0.29) is 29.7 Å². The first kappa shape index (κ1) is 15.6. The molecule has 122 valence electrons. The minimum atomic E-state index is -0.783. The lowest BCUT2D eigenvalue weighted by Gasteiger charge is -2.38. The summed E-state index contributed by atoms with van der Waals surface area (Å²) in [6.07, 6.45) is 5.17. The highest BCUT2D eigenvalue weighted by Gasteiger charge is 2.58. The molecule has 0 aromatic rings. The number of hydrogen-bond donors (Lipinski definition) is 1. The smallest absolute Gasteiger partial charge is 0.307 e. The Kier molecular flexibility index (Phi) is 4.04. The van der Waals surface area contributed by atoms with Crippen molar-refractivity contribution in [2.75, 3.05) is 6.54 Å². The van der Waals surface area contributed by atoms with E-state index in [1.165, 1.54) is 17.6 Å². The number of allylic oxidation sites excluding steroid dienone is 2. The first-order chi connectivity index (χ1) is 10.4. The van der Waals surface area contributed by atoms with E-state index >= 15 is 0 Å². The lowest BCUT2D eigenvalue weighted by atomic mass is 9.78. The molecule has 5 atom stereocenters. The molecule has 0 aromatic heterocycles. The number of carbonyl (C=O) groups is 2. The molecule has 0 radical (unpaired) electrons. The van der Waals surface area contributed by atoms with Gasteiger partial charge in [-0.15, -0.1) is 0 Å². The van der Waals surface area contributed by atoms with E-state index in [4.69, 9.17) is 0 Å². The van der Waals surface area contributed by atoms with Gasteiger partial charge in [-0.1, -0.05) is 11.1 Å². The number of rotatable bonds is 2. The molecule has 22 heavy (non-hydrogen) atoms. The topological polar surface area (TPSA) is 57.6 Å². The Bertz CT molecular complexity index is 520. The third kappa shape index (κ3) is 2.27. The summed E-state index contributed by atoms with van der Waals surface area (Å²) >= 11 is 0. The highest BCUT2D eigenvalue weighted by atomic mass is 16.4. The third-order valence-corrected chi connectivity index (χ3v) is 6.08. The van der Waals surface area contributed by atoms with E-state index in [0.29, 0.717) is 0 Å². The number of hydrogen-bond acceptors (Lipinski definition) is 2. The quantitative estimate of drug-likeness (QED) is 0.798. The van der Waals surface area contributed by atoms with Gasteiger partial charge in [0.25, 0.3) is 0 Å². The number of likely N-dealkylation sites (tertiary alicyclic amines) is 1. The second-order valence-electron chi connectivity index (χ2n) is 7.51. The van der Waals surface area contributed by atoms with E-state index in [1.54, 1.807) is 0 Å². The standard InChI is InChI=1S/C18H27NO3/c1-10(2)14-12-7-8-13(14)16(18(21)22)15(12)17(20)19-9-5-4-6-11(19)3/h11-13,15-16H,4-9H2,1-3H3,(H,21,22)/t11-,12+,13+,15-,16+/m0/s1. The monoisotopic (exact) mass is 305 g/mol. The van der Waals surface area contributed by atoms with E-state index in [2.05, 4.69) is 20.8 Å². The molecule has 1 heterocycles. The largest absolute Gasteiger partial charge is 0.481 e. The Morgan fingerprint density at radius 2 is 1.68 bits per heavy atom. The van der Waals surface area contributed by atoms with Gasteiger partial charge in [0.05, 0.1) is 11.8 Å². The molecule has 0 unspecified atom stereocenters. The molecule has 1 aliphatic heterocycles. The highest BCUT2D eigenvalue weighted by Crippen LogP contribution is 2.57. The fourth-order valence-corrected chi connectivity index (χ4v) is 5.20. The van der Waals surface area contributed by atoms with Gasteiger partial charge in [-0.05, 0) is 64.7 Å². The van der Waals surface area contributed by atoms with Crippen molar-refractivity contribution in [3.05, 3.63) is 11.1 Å². The van der Waals surface area contributed by atoms with Crippen LogP contribution in [0.4, 0.5) is 0 Å². The summed E-state index contributed by atoms with van der Waals surface area (Å²) in [6.45, 7) is 7.03. The van der Waals surface area contributed by atoms with Crippen molar-refractivity contribution >= 4 is 11.9 Å². The number of carboxylic acids is 1. The average molecular weight is 305 g/mol. The normalized spacial score (nSPS) is 37.5. The maximum absolute atomic E-state index is 13.1. The highest BCUT2D eigenvalue weighted by molar-refractivity contribution is 5.88. The number of fused-ring (bicyclic) bond motifs is 2. The summed E-state index contributed by atoms with van der Waals surface area (Å²) in [7, 11) is 0. The number of carboxylic acid groups (broad SMARTS) is 1. The molecule has 4 heteroatoms. The Morgan fingerprint density at radius 1 is 1.05 bits per heavy atom. The molecule has 0 spiro atoms. The molecular weight excluding hydrogens is 278 g/mol. The van der Waals surface area contributed by atoms with Gasteiger partial charge in [-0.25, -0.2) is 0 Å². The zero-order valence-corrected chi connectivity index (χ0v) is 13.8. The second kappa shape index (κ2) is 5.71. The summed E-state index contributed by atoms with van der Waals surface area (Å²) in [5, 5.41) is 9.73. The fraction of sp³-hybridized carbons (Fsp3) is 0.778. The second-order valence-corrected chi connectivity index (χ2v) is 7.51. The van der Waals surface area contributed by atoms with Crippen LogP contribution in [-0.4, -0.2) is 34.5 Å². The number of amides is 1. The van der Waals surface area contributed by atoms with Crippen molar-refractivity contribution in [1.29, 1.82) is 0 Å². The van der Waals surface area contributed by atoms with Crippen molar-refractivity contribution in [2.24, 2.45) is 23.7 Å².